The van der Waals surface area contributed by atoms with Gasteiger partial charge < -0.3 is 39.5 Å². The molecule has 16 nitrogen and oxygen atoms in total. The normalized spacial score (nSPS) is 21.7. The van der Waals surface area contributed by atoms with E-state index in [1.54, 1.807) is 0 Å². The van der Waals surface area contributed by atoms with Crippen molar-refractivity contribution in [3.05, 3.63) is 0 Å². The molecule has 3 fully saturated rings. The third-order valence-electron chi connectivity index (χ3n) is 7.53. The van der Waals surface area contributed by atoms with E-state index < -0.39 is 24.1 Å². The molecule has 0 aliphatic carbocycles. The minimum absolute atomic E-state index is 0.0363. The SMILES string of the molecule is O=C(CCCC[C@@H]1SC[C@@H]2NC(O)N[C@@H]21)NCCOCCOCCOCCOCCC(=O)NCCSSCCC(=O)ON1C(=O)CCC1=O. The minimum atomic E-state index is -0.626. The standard InChI is InChI=1S/C30H51N5O11S3/c36-24(4-2-1-3-23-29-22(21-47-23)33-30(41)34-29)31-9-12-43-14-16-45-18-17-44-15-13-42-11-7-25(37)32-10-20-49-48-19-8-28(40)46-35-26(38)5-6-27(35)39/h22-23,29-30,33-34,41H,1-21H2,(H,31,36)(H,32,37)/t22-,23-,29-,30?/m0/s1. The van der Waals surface area contributed by atoms with Gasteiger partial charge in [-0.15, -0.1) is 5.06 Å². The molecule has 3 heterocycles. The maximum atomic E-state index is 12.0. The molecular formula is C30H51N5O11S3. The van der Waals surface area contributed by atoms with Crippen LogP contribution in [0.3, 0.4) is 0 Å². The van der Waals surface area contributed by atoms with Gasteiger partial charge in [0, 0.05) is 73.4 Å². The third kappa shape index (κ3) is 17.9. The van der Waals surface area contributed by atoms with E-state index in [9.17, 15) is 29.1 Å². The second kappa shape index (κ2) is 25.3. The van der Waals surface area contributed by atoms with Crippen molar-refractivity contribution in [1.82, 2.24) is 26.3 Å². The van der Waals surface area contributed by atoms with Gasteiger partial charge in [0.25, 0.3) is 11.8 Å². The summed E-state index contributed by atoms with van der Waals surface area (Å²) in [6.45, 7) is 4.15. The van der Waals surface area contributed by atoms with Crippen LogP contribution in [-0.2, 0) is 47.8 Å². The fraction of sp³-hybridized carbons (Fsp3) is 0.833. The molecule has 0 aromatic carbocycles. The van der Waals surface area contributed by atoms with E-state index in [2.05, 4.69) is 21.3 Å². The van der Waals surface area contributed by atoms with Gasteiger partial charge in [0.15, 0.2) is 6.35 Å². The highest BCUT2D eigenvalue weighted by atomic mass is 33.1. The first-order chi connectivity index (χ1) is 23.8. The summed E-state index contributed by atoms with van der Waals surface area (Å²) in [4.78, 5) is 63.3. The number of thioether (sulfide) groups is 1. The molecule has 3 rings (SSSR count). The number of hydroxylamine groups is 2. The smallest absolute Gasteiger partial charge is 0.334 e. The molecule has 3 aliphatic heterocycles. The molecule has 19 heteroatoms. The maximum Gasteiger partial charge on any atom is 0.334 e. The van der Waals surface area contributed by atoms with Crippen LogP contribution in [0, 0.1) is 0 Å². The van der Waals surface area contributed by atoms with E-state index in [0.717, 1.165) is 25.0 Å². The number of unbranched alkanes of at least 4 members (excludes halogenated alkanes) is 1. The molecule has 3 saturated heterocycles. The van der Waals surface area contributed by atoms with Crippen LogP contribution >= 0.6 is 33.3 Å². The summed E-state index contributed by atoms with van der Waals surface area (Å²) in [5.74, 6) is 0.427. The first-order valence-corrected chi connectivity index (χ1v) is 20.3. The highest BCUT2D eigenvalue weighted by molar-refractivity contribution is 8.76. The number of nitrogens with zero attached hydrogens (tertiary/aromatic N) is 1. The zero-order valence-electron chi connectivity index (χ0n) is 27.9. The zero-order chi connectivity index (χ0) is 35.1. The van der Waals surface area contributed by atoms with Crippen molar-refractivity contribution in [2.75, 3.05) is 83.2 Å². The number of amides is 4. The van der Waals surface area contributed by atoms with Gasteiger partial charge in [0.1, 0.15) is 0 Å². The Morgan fingerprint density at radius 3 is 2.10 bits per heavy atom. The second-order valence-electron chi connectivity index (χ2n) is 11.3. The molecule has 0 aromatic rings. The number of aliphatic hydroxyl groups excluding tert-OH is 1. The van der Waals surface area contributed by atoms with Gasteiger partial charge in [-0.2, -0.15) is 11.8 Å². The molecule has 0 radical (unpaired) electrons. The number of carbonyl (C=O) groups excluding carboxylic acids is 5. The molecular weight excluding hydrogens is 703 g/mol. The zero-order valence-corrected chi connectivity index (χ0v) is 30.3. The fourth-order valence-electron chi connectivity index (χ4n) is 5.04. The number of rotatable bonds is 28. The molecule has 0 aromatic heterocycles. The van der Waals surface area contributed by atoms with E-state index in [0.29, 0.717) is 106 Å². The number of ether oxygens (including phenoxy) is 4. The van der Waals surface area contributed by atoms with Gasteiger partial charge in [0.2, 0.25) is 11.8 Å². The first-order valence-electron chi connectivity index (χ1n) is 16.8. The number of aliphatic hydroxyl groups is 1. The summed E-state index contributed by atoms with van der Waals surface area (Å²) in [6.07, 6.45) is 3.22. The summed E-state index contributed by atoms with van der Waals surface area (Å²) in [5.41, 5.74) is 0. The van der Waals surface area contributed by atoms with E-state index in [-0.39, 0.29) is 37.5 Å². The Bertz CT molecular complexity index is 1020. The minimum Gasteiger partial charge on any atom is -0.379 e. The summed E-state index contributed by atoms with van der Waals surface area (Å²) in [6, 6.07) is 0.642. The predicted molar refractivity (Wildman–Crippen MR) is 185 cm³/mol. The van der Waals surface area contributed by atoms with Gasteiger partial charge in [-0.05, 0) is 12.8 Å². The Morgan fingerprint density at radius 1 is 0.776 bits per heavy atom. The number of nitrogens with one attached hydrogen (secondary N) is 4. The molecule has 4 amide bonds. The molecule has 3 aliphatic rings. The van der Waals surface area contributed by atoms with Crippen molar-refractivity contribution < 1.29 is 52.9 Å². The Morgan fingerprint density at radius 2 is 1.39 bits per heavy atom. The van der Waals surface area contributed by atoms with Crippen molar-refractivity contribution in [1.29, 1.82) is 0 Å². The number of hydrogen-bond donors (Lipinski definition) is 5. The third-order valence-corrected chi connectivity index (χ3v) is 11.4. The number of hydrogen-bond acceptors (Lipinski definition) is 16. The summed E-state index contributed by atoms with van der Waals surface area (Å²) in [7, 11) is 2.94. The van der Waals surface area contributed by atoms with E-state index in [4.69, 9.17) is 23.8 Å². The average molecular weight is 754 g/mol. The fourth-order valence-corrected chi connectivity index (χ4v) is 8.49. The lowest BCUT2D eigenvalue weighted by atomic mass is 10.0. The quantitative estimate of drug-likeness (QED) is 0.0404. The first kappa shape index (κ1) is 41.7. The van der Waals surface area contributed by atoms with Gasteiger partial charge >= 0.3 is 5.97 Å². The lowest BCUT2D eigenvalue weighted by molar-refractivity contribution is -0.197. The molecule has 49 heavy (non-hydrogen) atoms. The highest BCUT2D eigenvalue weighted by Crippen LogP contribution is 2.33. The molecule has 0 spiro atoms. The van der Waals surface area contributed by atoms with Crippen molar-refractivity contribution in [3.8, 4) is 0 Å². The van der Waals surface area contributed by atoms with Crippen LogP contribution in [0.15, 0.2) is 0 Å². The highest BCUT2D eigenvalue weighted by Gasteiger charge is 2.42. The van der Waals surface area contributed by atoms with Crippen LogP contribution in [0.1, 0.15) is 51.4 Å². The Hall–Kier alpha value is -1.68. The van der Waals surface area contributed by atoms with Crippen molar-refractivity contribution >= 4 is 62.9 Å². The number of imide groups is 1. The van der Waals surface area contributed by atoms with E-state index >= 15 is 0 Å². The lowest BCUT2D eigenvalue weighted by Gasteiger charge is -2.17. The van der Waals surface area contributed by atoms with Crippen LogP contribution in [-0.4, -0.2) is 147 Å². The second-order valence-corrected chi connectivity index (χ2v) is 15.3. The number of fused-ring (bicyclic) bond motifs is 1. The van der Waals surface area contributed by atoms with Gasteiger partial charge in [-0.25, -0.2) is 4.79 Å². The van der Waals surface area contributed by atoms with Crippen LogP contribution in [0.4, 0.5) is 0 Å². The molecule has 0 saturated carbocycles. The topological polar surface area (TPSA) is 203 Å². The monoisotopic (exact) mass is 753 g/mol. The average Bonchev–Trinajstić information content (AvgIpc) is 3.74. The maximum absolute atomic E-state index is 12.0. The van der Waals surface area contributed by atoms with Gasteiger partial charge in [-0.1, -0.05) is 28.0 Å². The number of carbonyl (C=O) groups is 5. The Kier molecular flexibility index (Phi) is 21.6. The molecule has 1 unspecified atom stereocenters. The summed E-state index contributed by atoms with van der Waals surface area (Å²) in [5, 5.41) is 22.7. The molecule has 4 atom stereocenters. The van der Waals surface area contributed by atoms with E-state index in [1.807, 2.05) is 11.8 Å². The largest absolute Gasteiger partial charge is 0.379 e. The van der Waals surface area contributed by atoms with E-state index in [1.165, 1.54) is 21.6 Å². The van der Waals surface area contributed by atoms with Crippen LogP contribution in [0.5, 0.6) is 0 Å². The Balaban J connectivity index is 0.967. The lowest BCUT2D eigenvalue weighted by Crippen LogP contribution is -2.38. The van der Waals surface area contributed by atoms with Crippen molar-refractivity contribution in [2.24, 2.45) is 0 Å². The molecule has 280 valence electrons. The summed E-state index contributed by atoms with van der Waals surface area (Å²) < 4.78 is 21.8. The summed E-state index contributed by atoms with van der Waals surface area (Å²) >= 11 is 1.93. The van der Waals surface area contributed by atoms with Crippen molar-refractivity contribution in [3.63, 3.8) is 0 Å². The predicted octanol–water partition coefficient (Wildman–Crippen LogP) is -0.0643. The van der Waals surface area contributed by atoms with Gasteiger partial charge in [-0.3, -0.25) is 29.8 Å². The molecule has 5 N–H and O–H groups in total. The Labute approximate surface area is 299 Å². The van der Waals surface area contributed by atoms with Gasteiger partial charge in [0.05, 0.1) is 59.3 Å². The van der Waals surface area contributed by atoms with Crippen LogP contribution < -0.4 is 21.3 Å². The van der Waals surface area contributed by atoms with Crippen LogP contribution in [0.2, 0.25) is 0 Å². The molecule has 0 bridgehead atoms. The van der Waals surface area contributed by atoms with Crippen molar-refractivity contribution in [2.45, 2.75) is 75.1 Å². The van der Waals surface area contributed by atoms with Crippen LogP contribution in [0.25, 0.3) is 0 Å².